The zero-order chi connectivity index (χ0) is 13.9. The second-order valence-electron chi connectivity index (χ2n) is 5.70. The molecule has 1 rings (SSSR count). The summed E-state index contributed by atoms with van der Waals surface area (Å²) in [6, 6.07) is 4.91. The number of hydrogen-bond donors (Lipinski definition) is 2. The van der Waals surface area contributed by atoms with Crippen LogP contribution in [0.2, 0.25) is 0 Å². The molecule has 0 heterocycles. The highest BCUT2D eigenvalue weighted by Gasteiger charge is 2.16. The third-order valence-electron chi connectivity index (χ3n) is 2.39. The van der Waals surface area contributed by atoms with Gasteiger partial charge in [-0.05, 0) is 52.3 Å². The molecule has 0 amide bonds. The summed E-state index contributed by atoms with van der Waals surface area (Å²) in [5.41, 5.74) is 7.47. The predicted molar refractivity (Wildman–Crippen MR) is 74.8 cm³/mol. The van der Waals surface area contributed by atoms with Gasteiger partial charge in [-0.3, -0.25) is 0 Å². The van der Waals surface area contributed by atoms with Crippen molar-refractivity contribution >= 4 is 0 Å². The Morgan fingerprint density at radius 1 is 1.44 bits per heavy atom. The molecule has 18 heavy (non-hydrogen) atoms. The maximum absolute atomic E-state index is 9.85. The van der Waals surface area contributed by atoms with E-state index in [0.717, 1.165) is 5.57 Å². The Morgan fingerprint density at radius 2 is 2.06 bits per heavy atom. The van der Waals surface area contributed by atoms with Crippen LogP contribution in [0.1, 0.15) is 45.7 Å². The molecule has 0 unspecified atom stereocenters. The average Bonchev–Trinajstić information content (AvgIpc) is 2.17. The van der Waals surface area contributed by atoms with Crippen LogP contribution < -0.4 is 10.5 Å². The smallest absolute Gasteiger partial charge is 0.120 e. The molecule has 1 atom stereocenters. The molecule has 0 aliphatic rings. The number of benzene rings is 1. The van der Waals surface area contributed by atoms with Gasteiger partial charge in [0, 0.05) is 11.6 Å². The van der Waals surface area contributed by atoms with E-state index in [-0.39, 0.29) is 17.4 Å². The summed E-state index contributed by atoms with van der Waals surface area (Å²) < 4.78 is 5.76. The van der Waals surface area contributed by atoms with Gasteiger partial charge in [-0.2, -0.15) is 0 Å². The van der Waals surface area contributed by atoms with E-state index in [2.05, 4.69) is 6.58 Å². The first kappa shape index (κ1) is 14.6. The van der Waals surface area contributed by atoms with Gasteiger partial charge in [-0.25, -0.2) is 0 Å². The van der Waals surface area contributed by atoms with Crippen molar-refractivity contribution in [2.45, 2.75) is 45.8 Å². The molecular weight excluding hydrogens is 226 g/mol. The van der Waals surface area contributed by atoms with Gasteiger partial charge in [0.25, 0.3) is 0 Å². The van der Waals surface area contributed by atoms with Gasteiger partial charge >= 0.3 is 0 Å². The summed E-state index contributed by atoms with van der Waals surface area (Å²) in [7, 11) is 0. The van der Waals surface area contributed by atoms with E-state index >= 15 is 0 Å². The number of ether oxygens (including phenoxy) is 1. The lowest BCUT2D eigenvalue weighted by Gasteiger charge is -2.23. The lowest BCUT2D eigenvalue weighted by Crippen LogP contribution is -2.23. The van der Waals surface area contributed by atoms with Crippen LogP contribution in [0.15, 0.2) is 30.4 Å². The topological polar surface area (TPSA) is 55.5 Å². The Balaban J connectivity index is 2.97. The lowest BCUT2D eigenvalue weighted by molar-refractivity contribution is 0.130. The van der Waals surface area contributed by atoms with Gasteiger partial charge in [-0.1, -0.05) is 5.57 Å². The Hall–Kier alpha value is -1.48. The molecule has 3 nitrogen and oxygen atoms in total. The maximum Gasteiger partial charge on any atom is 0.120 e. The molecule has 100 valence electrons. The molecule has 1 aromatic carbocycles. The van der Waals surface area contributed by atoms with Gasteiger partial charge in [0.2, 0.25) is 0 Å². The quantitative estimate of drug-likeness (QED) is 0.802. The number of phenols is 1. The summed E-state index contributed by atoms with van der Waals surface area (Å²) >= 11 is 0. The molecule has 3 N–H and O–H groups in total. The second-order valence-corrected chi connectivity index (χ2v) is 5.70. The molecule has 0 spiro atoms. The maximum atomic E-state index is 9.85. The first-order chi connectivity index (χ1) is 8.19. The van der Waals surface area contributed by atoms with Crippen molar-refractivity contribution in [1.29, 1.82) is 0 Å². The molecule has 1 aromatic rings. The summed E-state index contributed by atoms with van der Waals surface area (Å²) in [6.07, 6.45) is 0.645. The largest absolute Gasteiger partial charge is 0.508 e. The van der Waals surface area contributed by atoms with Crippen molar-refractivity contribution in [3.63, 3.8) is 0 Å². The number of rotatable bonds is 4. The Morgan fingerprint density at radius 3 is 2.56 bits per heavy atom. The average molecular weight is 249 g/mol. The van der Waals surface area contributed by atoms with Crippen LogP contribution in [0.4, 0.5) is 0 Å². The minimum Gasteiger partial charge on any atom is -0.508 e. The van der Waals surface area contributed by atoms with E-state index in [1.165, 1.54) is 0 Å². The third-order valence-corrected chi connectivity index (χ3v) is 2.39. The minimum atomic E-state index is -0.271. The molecule has 0 aromatic heterocycles. The van der Waals surface area contributed by atoms with Crippen molar-refractivity contribution in [1.82, 2.24) is 0 Å². The Labute approximate surface area is 109 Å². The molecule has 0 fully saturated rings. The zero-order valence-corrected chi connectivity index (χ0v) is 11.7. The lowest BCUT2D eigenvalue weighted by atomic mass is 10.00. The molecule has 0 saturated heterocycles. The number of phenolic OH excluding ortho intramolecular Hbond substituents is 1. The van der Waals surface area contributed by atoms with E-state index in [1.807, 2.05) is 27.7 Å². The molecule has 0 radical (unpaired) electrons. The van der Waals surface area contributed by atoms with E-state index in [1.54, 1.807) is 18.2 Å². The molecular formula is C15H23NO2. The van der Waals surface area contributed by atoms with Crippen molar-refractivity contribution < 1.29 is 9.84 Å². The van der Waals surface area contributed by atoms with Gasteiger partial charge in [-0.15, -0.1) is 6.58 Å². The van der Waals surface area contributed by atoms with Gasteiger partial charge in [0.15, 0.2) is 0 Å². The van der Waals surface area contributed by atoms with Crippen molar-refractivity contribution in [3.05, 3.63) is 35.9 Å². The summed E-state index contributed by atoms with van der Waals surface area (Å²) in [4.78, 5) is 0. The van der Waals surface area contributed by atoms with E-state index in [9.17, 15) is 5.11 Å². The van der Waals surface area contributed by atoms with Crippen LogP contribution in [-0.2, 0) is 0 Å². The molecule has 0 bridgehead atoms. The fourth-order valence-electron chi connectivity index (χ4n) is 1.73. The first-order valence-electron chi connectivity index (χ1n) is 6.11. The molecule has 0 aliphatic heterocycles. The minimum absolute atomic E-state index is 0.199. The Kier molecular flexibility index (Phi) is 4.41. The molecule has 0 aliphatic carbocycles. The van der Waals surface area contributed by atoms with Gasteiger partial charge in [0.05, 0.1) is 0 Å². The second kappa shape index (κ2) is 5.44. The monoisotopic (exact) mass is 249 g/mol. The fraction of sp³-hybridized carbons (Fsp3) is 0.467. The van der Waals surface area contributed by atoms with Crippen molar-refractivity contribution in [2.75, 3.05) is 0 Å². The van der Waals surface area contributed by atoms with Crippen LogP contribution in [0.5, 0.6) is 11.5 Å². The zero-order valence-electron chi connectivity index (χ0n) is 11.7. The summed E-state index contributed by atoms with van der Waals surface area (Å²) in [6.45, 7) is 11.7. The van der Waals surface area contributed by atoms with Crippen LogP contribution in [0.25, 0.3) is 0 Å². The van der Waals surface area contributed by atoms with Crippen LogP contribution in [0, 0.1) is 0 Å². The van der Waals surface area contributed by atoms with E-state index < -0.39 is 0 Å². The summed E-state index contributed by atoms with van der Waals surface area (Å²) in [5, 5.41) is 9.85. The van der Waals surface area contributed by atoms with Crippen molar-refractivity contribution in [3.8, 4) is 11.5 Å². The van der Waals surface area contributed by atoms with E-state index in [4.69, 9.17) is 10.5 Å². The third kappa shape index (κ3) is 4.41. The fourth-order valence-corrected chi connectivity index (χ4v) is 1.73. The van der Waals surface area contributed by atoms with Crippen LogP contribution in [-0.4, -0.2) is 10.7 Å². The summed E-state index contributed by atoms with van der Waals surface area (Å²) in [5.74, 6) is 0.914. The number of hydrogen-bond acceptors (Lipinski definition) is 3. The molecule has 0 saturated carbocycles. The first-order valence-corrected chi connectivity index (χ1v) is 6.11. The SMILES string of the molecule is C=C(C)C[C@H](N)c1cc(OC(C)(C)C)ccc1O. The Bertz CT molecular complexity index is 433. The van der Waals surface area contributed by atoms with Crippen molar-refractivity contribution in [2.24, 2.45) is 5.73 Å². The highest BCUT2D eigenvalue weighted by Crippen LogP contribution is 2.31. The normalized spacial score (nSPS) is 13.2. The highest BCUT2D eigenvalue weighted by molar-refractivity contribution is 5.41. The standard InChI is InChI=1S/C15H23NO2/c1-10(2)8-13(16)12-9-11(6-7-14(12)17)18-15(3,4)5/h6-7,9,13,17H,1,8,16H2,2-5H3/t13-/m0/s1. The molecule has 3 heteroatoms. The predicted octanol–water partition coefficient (Wildman–Crippen LogP) is 3.54. The number of nitrogens with two attached hydrogens (primary N) is 1. The van der Waals surface area contributed by atoms with Gasteiger partial charge in [0.1, 0.15) is 17.1 Å². The van der Waals surface area contributed by atoms with E-state index in [0.29, 0.717) is 17.7 Å². The van der Waals surface area contributed by atoms with Gasteiger partial charge < -0.3 is 15.6 Å². The van der Waals surface area contributed by atoms with Crippen LogP contribution in [0.3, 0.4) is 0 Å². The number of aromatic hydroxyl groups is 1. The highest BCUT2D eigenvalue weighted by atomic mass is 16.5. The van der Waals surface area contributed by atoms with Crippen LogP contribution >= 0.6 is 0 Å².